The number of hydrogen-bond acceptors (Lipinski definition) is 1. The Morgan fingerprint density at radius 3 is 2.45 bits per heavy atom. The first kappa shape index (κ1) is 14.1. The quantitative estimate of drug-likeness (QED) is 0.837. The minimum absolute atomic E-state index is 0.919. The first-order valence-corrected chi connectivity index (χ1v) is 6.71. The molecule has 2 aromatic rings. The first-order valence-electron chi connectivity index (χ1n) is 6.71. The van der Waals surface area contributed by atoms with Gasteiger partial charge >= 0.3 is 5.97 Å². The summed E-state index contributed by atoms with van der Waals surface area (Å²) >= 11 is 0. The van der Waals surface area contributed by atoms with Crippen molar-refractivity contribution in [3.05, 3.63) is 65.2 Å². The van der Waals surface area contributed by atoms with E-state index in [1.54, 1.807) is 6.08 Å². The van der Waals surface area contributed by atoms with Crippen LogP contribution < -0.4 is 0 Å². The summed E-state index contributed by atoms with van der Waals surface area (Å²) in [6.07, 6.45) is 3.83. The second-order valence-corrected chi connectivity index (χ2v) is 4.81. The van der Waals surface area contributed by atoms with Crippen LogP contribution in [0.4, 0.5) is 0 Å². The van der Waals surface area contributed by atoms with Crippen molar-refractivity contribution >= 4 is 12.0 Å². The summed E-state index contributed by atoms with van der Waals surface area (Å²) < 4.78 is 0. The summed E-state index contributed by atoms with van der Waals surface area (Å²) in [5.74, 6) is -0.933. The van der Waals surface area contributed by atoms with Crippen LogP contribution in [0.3, 0.4) is 0 Å². The summed E-state index contributed by atoms with van der Waals surface area (Å²) in [6, 6.07) is 14.4. The molecule has 0 aromatic heterocycles. The molecule has 0 amide bonds. The van der Waals surface area contributed by atoms with Crippen molar-refractivity contribution in [2.24, 2.45) is 0 Å². The van der Waals surface area contributed by atoms with Gasteiger partial charge in [0.2, 0.25) is 0 Å². The van der Waals surface area contributed by atoms with E-state index in [0.29, 0.717) is 0 Å². The number of carbonyl (C=O) groups is 1. The van der Waals surface area contributed by atoms with Gasteiger partial charge in [-0.25, -0.2) is 4.79 Å². The largest absolute Gasteiger partial charge is 0.478 e. The Kier molecular flexibility index (Phi) is 4.36. The van der Waals surface area contributed by atoms with Gasteiger partial charge in [-0.3, -0.25) is 0 Å². The molecule has 0 heterocycles. The van der Waals surface area contributed by atoms with E-state index in [-0.39, 0.29) is 0 Å². The minimum Gasteiger partial charge on any atom is -0.478 e. The molecule has 0 aliphatic rings. The summed E-state index contributed by atoms with van der Waals surface area (Å²) in [5.41, 5.74) is 5.54. The van der Waals surface area contributed by atoms with E-state index >= 15 is 0 Å². The van der Waals surface area contributed by atoms with Crippen molar-refractivity contribution < 1.29 is 9.90 Å². The Bertz CT molecular complexity index is 637. The molecule has 0 unspecified atom stereocenters. The highest BCUT2D eigenvalue weighted by Crippen LogP contribution is 2.26. The van der Waals surface area contributed by atoms with Gasteiger partial charge in [-0.2, -0.15) is 0 Å². The van der Waals surface area contributed by atoms with Crippen LogP contribution in [0, 0.1) is 6.92 Å². The van der Waals surface area contributed by atoms with Crippen LogP contribution in [0.1, 0.15) is 23.6 Å². The smallest absolute Gasteiger partial charge is 0.328 e. The van der Waals surface area contributed by atoms with Crippen LogP contribution in [0.15, 0.2) is 48.5 Å². The Morgan fingerprint density at radius 1 is 1.15 bits per heavy atom. The van der Waals surface area contributed by atoms with Crippen LogP contribution in [0.25, 0.3) is 17.2 Å². The SMILES string of the molecule is CCc1ccc(-c2cc(C)ccc2C=CC(=O)O)cc1. The van der Waals surface area contributed by atoms with Crippen LogP contribution in [-0.4, -0.2) is 11.1 Å². The predicted molar refractivity (Wildman–Crippen MR) is 82.7 cm³/mol. The van der Waals surface area contributed by atoms with Crippen molar-refractivity contribution in [2.45, 2.75) is 20.3 Å². The van der Waals surface area contributed by atoms with Crippen molar-refractivity contribution in [1.29, 1.82) is 0 Å². The predicted octanol–water partition coefficient (Wildman–Crippen LogP) is 4.32. The summed E-state index contributed by atoms with van der Waals surface area (Å²) in [6.45, 7) is 4.16. The van der Waals surface area contributed by atoms with Gasteiger partial charge in [0, 0.05) is 6.08 Å². The van der Waals surface area contributed by atoms with E-state index in [1.165, 1.54) is 11.6 Å². The van der Waals surface area contributed by atoms with E-state index in [1.807, 2.05) is 19.1 Å². The van der Waals surface area contributed by atoms with E-state index in [0.717, 1.165) is 28.7 Å². The molecule has 2 heteroatoms. The Balaban J connectivity index is 2.47. The number of rotatable bonds is 4. The monoisotopic (exact) mass is 266 g/mol. The number of benzene rings is 2. The zero-order chi connectivity index (χ0) is 14.5. The Labute approximate surface area is 119 Å². The molecular weight excluding hydrogens is 248 g/mol. The second-order valence-electron chi connectivity index (χ2n) is 4.81. The molecule has 0 atom stereocenters. The molecular formula is C18H18O2. The van der Waals surface area contributed by atoms with Gasteiger partial charge in [0.05, 0.1) is 0 Å². The van der Waals surface area contributed by atoms with Crippen molar-refractivity contribution in [3.63, 3.8) is 0 Å². The Morgan fingerprint density at radius 2 is 1.85 bits per heavy atom. The molecule has 0 spiro atoms. The van der Waals surface area contributed by atoms with Gasteiger partial charge < -0.3 is 5.11 Å². The molecule has 0 aliphatic heterocycles. The maximum absolute atomic E-state index is 10.7. The van der Waals surface area contributed by atoms with Crippen LogP contribution in [-0.2, 0) is 11.2 Å². The third-order valence-electron chi connectivity index (χ3n) is 3.29. The fraction of sp³-hybridized carbons (Fsp3) is 0.167. The molecule has 0 saturated heterocycles. The van der Waals surface area contributed by atoms with E-state index in [2.05, 4.69) is 37.3 Å². The third kappa shape index (κ3) is 3.35. The lowest BCUT2D eigenvalue weighted by molar-refractivity contribution is -0.131. The van der Waals surface area contributed by atoms with Crippen LogP contribution >= 0.6 is 0 Å². The van der Waals surface area contributed by atoms with Gasteiger partial charge in [-0.1, -0.05) is 55.0 Å². The van der Waals surface area contributed by atoms with Gasteiger partial charge in [-0.15, -0.1) is 0 Å². The van der Waals surface area contributed by atoms with Crippen molar-refractivity contribution in [1.82, 2.24) is 0 Å². The Hall–Kier alpha value is -2.35. The topological polar surface area (TPSA) is 37.3 Å². The van der Waals surface area contributed by atoms with E-state index in [9.17, 15) is 4.79 Å². The maximum atomic E-state index is 10.7. The molecule has 0 aliphatic carbocycles. The maximum Gasteiger partial charge on any atom is 0.328 e. The first-order chi connectivity index (χ1) is 9.60. The highest BCUT2D eigenvalue weighted by atomic mass is 16.4. The number of hydrogen-bond donors (Lipinski definition) is 1. The zero-order valence-corrected chi connectivity index (χ0v) is 11.8. The van der Waals surface area contributed by atoms with Gasteiger partial charge in [0.1, 0.15) is 0 Å². The van der Waals surface area contributed by atoms with Crippen molar-refractivity contribution in [2.75, 3.05) is 0 Å². The lowest BCUT2D eigenvalue weighted by atomic mass is 9.96. The number of carboxylic acid groups (broad SMARTS) is 1. The molecule has 2 aromatic carbocycles. The normalized spacial score (nSPS) is 10.9. The highest BCUT2D eigenvalue weighted by Gasteiger charge is 2.04. The van der Waals surface area contributed by atoms with Crippen LogP contribution in [0.5, 0.6) is 0 Å². The second kappa shape index (κ2) is 6.20. The van der Waals surface area contributed by atoms with Gasteiger partial charge in [-0.05, 0) is 41.7 Å². The third-order valence-corrected chi connectivity index (χ3v) is 3.29. The summed E-state index contributed by atoms with van der Waals surface area (Å²) in [4.78, 5) is 10.7. The fourth-order valence-corrected chi connectivity index (χ4v) is 2.15. The molecule has 102 valence electrons. The van der Waals surface area contributed by atoms with Crippen molar-refractivity contribution in [3.8, 4) is 11.1 Å². The number of aryl methyl sites for hydroxylation is 2. The number of aliphatic carboxylic acids is 1. The fourth-order valence-electron chi connectivity index (χ4n) is 2.15. The molecule has 2 nitrogen and oxygen atoms in total. The molecule has 0 bridgehead atoms. The average molecular weight is 266 g/mol. The van der Waals surface area contributed by atoms with Crippen LogP contribution in [0.2, 0.25) is 0 Å². The highest BCUT2D eigenvalue weighted by molar-refractivity contribution is 5.88. The van der Waals surface area contributed by atoms with E-state index < -0.39 is 5.97 Å². The number of carboxylic acids is 1. The standard InChI is InChI=1S/C18H18O2/c1-3-14-5-8-16(9-6-14)17-12-13(2)4-7-15(17)10-11-18(19)20/h4-12H,3H2,1-2H3,(H,19,20). The summed E-state index contributed by atoms with van der Waals surface area (Å²) in [5, 5.41) is 8.77. The lowest BCUT2D eigenvalue weighted by Gasteiger charge is -2.09. The molecule has 1 N–H and O–H groups in total. The molecule has 2 rings (SSSR count). The molecule has 0 saturated carbocycles. The minimum atomic E-state index is -0.933. The molecule has 20 heavy (non-hydrogen) atoms. The average Bonchev–Trinajstić information content (AvgIpc) is 2.46. The van der Waals surface area contributed by atoms with E-state index in [4.69, 9.17) is 5.11 Å². The zero-order valence-electron chi connectivity index (χ0n) is 11.8. The summed E-state index contributed by atoms with van der Waals surface area (Å²) in [7, 11) is 0. The molecule has 0 fully saturated rings. The lowest BCUT2D eigenvalue weighted by Crippen LogP contribution is -1.89. The molecule has 0 radical (unpaired) electrons. The van der Waals surface area contributed by atoms with Gasteiger partial charge in [0.25, 0.3) is 0 Å². The van der Waals surface area contributed by atoms with Gasteiger partial charge in [0.15, 0.2) is 0 Å².